The molecule has 0 aliphatic heterocycles. The first-order chi connectivity index (χ1) is 8.25. The topological polar surface area (TPSA) is 15.3 Å². The van der Waals surface area contributed by atoms with Crippen LogP contribution in [0.3, 0.4) is 0 Å². The fourth-order valence-corrected chi connectivity index (χ4v) is 3.11. The number of nitrogens with zero attached hydrogens (tertiary/aromatic N) is 1. The van der Waals surface area contributed by atoms with Crippen LogP contribution in [-0.2, 0) is 0 Å². The van der Waals surface area contributed by atoms with E-state index >= 15 is 0 Å². The fraction of sp³-hybridized carbons (Fsp3) is 1.00. The zero-order valence-electron chi connectivity index (χ0n) is 11.8. The first-order valence-electron chi connectivity index (χ1n) is 7.67. The Morgan fingerprint density at radius 3 is 2.53 bits per heavy atom. The SMILES string of the molecule is CC1CC1CN(C)CCCNC1CCCCC1. The minimum Gasteiger partial charge on any atom is -0.314 e. The molecule has 0 aromatic heterocycles. The Bertz CT molecular complexity index is 211. The van der Waals surface area contributed by atoms with E-state index in [1.165, 1.54) is 64.6 Å². The third-order valence-electron chi connectivity index (χ3n) is 4.58. The molecule has 0 amide bonds. The second-order valence-corrected chi connectivity index (χ2v) is 6.38. The van der Waals surface area contributed by atoms with Crippen LogP contribution in [0.5, 0.6) is 0 Å². The molecule has 2 atom stereocenters. The van der Waals surface area contributed by atoms with Crippen molar-refractivity contribution in [3.8, 4) is 0 Å². The highest BCUT2D eigenvalue weighted by Crippen LogP contribution is 2.37. The summed E-state index contributed by atoms with van der Waals surface area (Å²) in [4.78, 5) is 2.52. The maximum absolute atomic E-state index is 3.73. The summed E-state index contributed by atoms with van der Waals surface area (Å²) in [5.41, 5.74) is 0. The van der Waals surface area contributed by atoms with Gasteiger partial charge >= 0.3 is 0 Å². The summed E-state index contributed by atoms with van der Waals surface area (Å²) < 4.78 is 0. The molecule has 17 heavy (non-hydrogen) atoms. The molecule has 0 bridgehead atoms. The first-order valence-corrected chi connectivity index (χ1v) is 7.67. The average molecular weight is 238 g/mol. The second-order valence-electron chi connectivity index (χ2n) is 6.38. The smallest absolute Gasteiger partial charge is 0.00670 e. The van der Waals surface area contributed by atoms with Crippen LogP contribution in [0.2, 0.25) is 0 Å². The minimum absolute atomic E-state index is 0.831. The molecule has 1 N–H and O–H groups in total. The van der Waals surface area contributed by atoms with E-state index in [4.69, 9.17) is 0 Å². The molecule has 2 aliphatic rings. The van der Waals surface area contributed by atoms with Crippen LogP contribution in [0.15, 0.2) is 0 Å². The number of hydrogen-bond acceptors (Lipinski definition) is 2. The molecule has 2 rings (SSSR count). The van der Waals surface area contributed by atoms with Gasteiger partial charge in [-0.1, -0.05) is 26.2 Å². The van der Waals surface area contributed by atoms with Gasteiger partial charge in [0.05, 0.1) is 0 Å². The highest BCUT2D eigenvalue weighted by molar-refractivity contribution is 4.84. The van der Waals surface area contributed by atoms with Gasteiger partial charge < -0.3 is 10.2 Å². The molecular weight excluding hydrogens is 208 g/mol. The Labute approximate surface area is 107 Å². The lowest BCUT2D eigenvalue weighted by molar-refractivity contribution is 0.300. The molecule has 0 radical (unpaired) electrons. The van der Waals surface area contributed by atoms with Crippen molar-refractivity contribution in [2.45, 2.75) is 57.9 Å². The third-order valence-corrected chi connectivity index (χ3v) is 4.58. The maximum Gasteiger partial charge on any atom is 0.00670 e. The van der Waals surface area contributed by atoms with Gasteiger partial charge in [-0.3, -0.25) is 0 Å². The van der Waals surface area contributed by atoms with Crippen LogP contribution in [0.4, 0.5) is 0 Å². The lowest BCUT2D eigenvalue weighted by Crippen LogP contribution is -2.33. The van der Waals surface area contributed by atoms with Crippen molar-refractivity contribution >= 4 is 0 Å². The lowest BCUT2D eigenvalue weighted by Gasteiger charge is -2.23. The molecule has 2 saturated carbocycles. The highest BCUT2D eigenvalue weighted by Gasteiger charge is 2.32. The summed E-state index contributed by atoms with van der Waals surface area (Å²) in [6.45, 7) is 6.19. The van der Waals surface area contributed by atoms with Crippen LogP contribution in [0, 0.1) is 11.8 Å². The van der Waals surface area contributed by atoms with Crippen molar-refractivity contribution in [3.63, 3.8) is 0 Å². The van der Waals surface area contributed by atoms with E-state index in [1.807, 2.05) is 0 Å². The number of rotatable bonds is 7. The molecule has 2 nitrogen and oxygen atoms in total. The molecule has 0 aromatic rings. The first kappa shape index (κ1) is 13.4. The van der Waals surface area contributed by atoms with Crippen LogP contribution < -0.4 is 5.32 Å². The van der Waals surface area contributed by atoms with Gasteiger partial charge in [0, 0.05) is 12.6 Å². The zero-order valence-corrected chi connectivity index (χ0v) is 11.8. The maximum atomic E-state index is 3.73. The van der Waals surface area contributed by atoms with E-state index in [1.54, 1.807) is 0 Å². The summed E-state index contributed by atoms with van der Waals surface area (Å²) in [5.74, 6) is 2.00. The fourth-order valence-electron chi connectivity index (χ4n) is 3.11. The predicted octanol–water partition coefficient (Wildman–Crippen LogP) is 2.89. The van der Waals surface area contributed by atoms with Crippen molar-refractivity contribution in [3.05, 3.63) is 0 Å². The zero-order chi connectivity index (χ0) is 12.1. The van der Waals surface area contributed by atoms with Crippen LogP contribution in [0.1, 0.15) is 51.9 Å². The molecule has 0 saturated heterocycles. The number of hydrogen-bond donors (Lipinski definition) is 1. The van der Waals surface area contributed by atoms with Gasteiger partial charge in [-0.25, -0.2) is 0 Å². The van der Waals surface area contributed by atoms with E-state index in [-0.39, 0.29) is 0 Å². The van der Waals surface area contributed by atoms with Crippen LogP contribution in [-0.4, -0.2) is 37.6 Å². The lowest BCUT2D eigenvalue weighted by atomic mass is 9.95. The Hall–Kier alpha value is -0.0800. The molecule has 2 unspecified atom stereocenters. The molecule has 0 heterocycles. The van der Waals surface area contributed by atoms with E-state index in [9.17, 15) is 0 Å². The third kappa shape index (κ3) is 4.97. The minimum atomic E-state index is 0.831. The average Bonchev–Trinajstić information content (AvgIpc) is 3.02. The quantitative estimate of drug-likeness (QED) is 0.686. The summed E-state index contributed by atoms with van der Waals surface area (Å²) >= 11 is 0. The van der Waals surface area contributed by atoms with E-state index in [0.717, 1.165) is 17.9 Å². The van der Waals surface area contributed by atoms with Crippen molar-refractivity contribution in [2.24, 2.45) is 11.8 Å². The molecule has 0 spiro atoms. The second kappa shape index (κ2) is 6.75. The van der Waals surface area contributed by atoms with Gasteiger partial charge in [0.2, 0.25) is 0 Å². The Kier molecular flexibility index (Phi) is 5.30. The van der Waals surface area contributed by atoms with Crippen LogP contribution >= 0.6 is 0 Å². The van der Waals surface area contributed by atoms with Gasteiger partial charge in [0.15, 0.2) is 0 Å². The van der Waals surface area contributed by atoms with Crippen LogP contribution in [0.25, 0.3) is 0 Å². The largest absolute Gasteiger partial charge is 0.314 e. The molecule has 100 valence electrons. The van der Waals surface area contributed by atoms with E-state index in [0.29, 0.717) is 0 Å². The molecule has 2 fully saturated rings. The van der Waals surface area contributed by atoms with Gasteiger partial charge in [-0.15, -0.1) is 0 Å². The Morgan fingerprint density at radius 2 is 1.88 bits per heavy atom. The molecule has 2 aliphatic carbocycles. The van der Waals surface area contributed by atoms with Crippen molar-refractivity contribution in [2.75, 3.05) is 26.7 Å². The van der Waals surface area contributed by atoms with Crippen molar-refractivity contribution in [1.82, 2.24) is 10.2 Å². The summed E-state index contributed by atoms with van der Waals surface area (Å²) in [7, 11) is 2.28. The number of nitrogens with one attached hydrogen (secondary N) is 1. The molecule has 0 aromatic carbocycles. The monoisotopic (exact) mass is 238 g/mol. The van der Waals surface area contributed by atoms with Gasteiger partial charge in [-0.2, -0.15) is 0 Å². The van der Waals surface area contributed by atoms with E-state index < -0.39 is 0 Å². The standard InChI is InChI=1S/C15H30N2/c1-13-11-14(13)12-17(2)10-6-9-16-15-7-4-3-5-8-15/h13-16H,3-12H2,1-2H3. The van der Waals surface area contributed by atoms with Gasteiger partial charge in [0.1, 0.15) is 0 Å². The Balaban J connectivity index is 1.44. The summed E-state index contributed by atoms with van der Waals surface area (Å²) in [6, 6.07) is 0.831. The van der Waals surface area contributed by atoms with Crippen molar-refractivity contribution < 1.29 is 0 Å². The van der Waals surface area contributed by atoms with Gasteiger partial charge in [0.25, 0.3) is 0 Å². The van der Waals surface area contributed by atoms with Gasteiger partial charge in [-0.05, 0) is 57.7 Å². The van der Waals surface area contributed by atoms with Crippen molar-refractivity contribution in [1.29, 1.82) is 0 Å². The summed E-state index contributed by atoms with van der Waals surface area (Å²) in [6.07, 6.45) is 9.94. The summed E-state index contributed by atoms with van der Waals surface area (Å²) in [5, 5.41) is 3.73. The molecular formula is C15H30N2. The normalized spacial score (nSPS) is 29.8. The Morgan fingerprint density at radius 1 is 1.18 bits per heavy atom. The predicted molar refractivity (Wildman–Crippen MR) is 74.3 cm³/mol. The highest BCUT2D eigenvalue weighted by atomic mass is 15.1. The molecule has 2 heteroatoms. The van der Waals surface area contributed by atoms with E-state index in [2.05, 4.69) is 24.2 Å².